The Morgan fingerprint density at radius 1 is 0.917 bits per heavy atom. The molecule has 1 amide bonds. The number of hydrogen-bond acceptors (Lipinski definition) is 5. The number of anilines is 1. The van der Waals surface area contributed by atoms with Gasteiger partial charge < -0.3 is 15.5 Å². The van der Waals surface area contributed by atoms with E-state index >= 15 is 0 Å². The molecule has 2 rings (SSSR count). The number of nitro benzene ring substituents is 1. The van der Waals surface area contributed by atoms with Crippen LogP contribution in [-0.2, 0) is 0 Å². The molecule has 0 spiro atoms. The summed E-state index contributed by atoms with van der Waals surface area (Å²) < 4.78 is 0. The lowest BCUT2D eigenvalue weighted by Crippen LogP contribution is -2.19. The van der Waals surface area contributed by atoms with E-state index in [4.69, 9.17) is 10.2 Å². The van der Waals surface area contributed by atoms with Crippen molar-refractivity contribution >= 4 is 29.2 Å². The summed E-state index contributed by atoms with van der Waals surface area (Å²) in [7, 11) is 0. The minimum atomic E-state index is -1.52. The first-order valence-electron chi connectivity index (χ1n) is 6.47. The summed E-state index contributed by atoms with van der Waals surface area (Å²) in [4.78, 5) is 44.9. The number of carboxylic acids is 2. The molecule has 9 heteroatoms. The molecule has 9 nitrogen and oxygen atoms in total. The zero-order chi connectivity index (χ0) is 17.9. The van der Waals surface area contributed by atoms with Crippen molar-refractivity contribution in [1.82, 2.24) is 0 Å². The maximum atomic E-state index is 12.4. The Hall–Kier alpha value is -3.75. The van der Waals surface area contributed by atoms with Gasteiger partial charge in [-0.1, -0.05) is 18.2 Å². The van der Waals surface area contributed by atoms with Crippen molar-refractivity contribution in [2.24, 2.45) is 0 Å². The average molecular weight is 330 g/mol. The van der Waals surface area contributed by atoms with Crippen molar-refractivity contribution in [3.8, 4) is 0 Å². The lowest BCUT2D eigenvalue weighted by molar-refractivity contribution is -0.385. The molecule has 2 aromatic rings. The fourth-order valence-corrected chi connectivity index (χ4v) is 2.07. The Labute approximate surface area is 134 Å². The highest BCUT2D eigenvalue weighted by atomic mass is 16.6. The average Bonchev–Trinajstić information content (AvgIpc) is 2.54. The summed E-state index contributed by atoms with van der Waals surface area (Å²) in [5.74, 6) is -3.92. The standard InChI is InChI=1S/C15H10N2O7/c18-13(16-10-6-2-1-4-8(10)14(19)20)12-9(15(21)22)5-3-7-11(12)17(23)24/h1-7H,(H,16,18)(H,19,20)(H,21,22). The van der Waals surface area contributed by atoms with Crippen molar-refractivity contribution < 1.29 is 29.5 Å². The number of nitrogens with zero attached hydrogens (tertiary/aromatic N) is 1. The minimum absolute atomic E-state index is 0.107. The fourth-order valence-electron chi connectivity index (χ4n) is 2.07. The third kappa shape index (κ3) is 3.19. The molecule has 0 radical (unpaired) electrons. The SMILES string of the molecule is O=C(O)c1ccccc1NC(=O)c1c(C(=O)O)cccc1[N+](=O)[O-]. The number of amides is 1. The van der Waals surface area contributed by atoms with Gasteiger partial charge in [-0.2, -0.15) is 0 Å². The van der Waals surface area contributed by atoms with Gasteiger partial charge in [-0.15, -0.1) is 0 Å². The summed E-state index contributed by atoms with van der Waals surface area (Å²) in [5, 5.41) is 31.5. The van der Waals surface area contributed by atoms with Gasteiger partial charge in [-0.05, 0) is 18.2 Å². The first-order valence-corrected chi connectivity index (χ1v) is 6.47. The molecule has 0 heterocycles. The Kier molecular flexibility index (Phi) is 4.55. The van der Waals surface area contributed by atoms with Crippen molar-refractivity contribution in [3.05, 3.63) is 69.3 Å². The van der Waals surface area contributed by atoms with Crippen LogP contribution in [-0.4, -0.2) is 33.0 Å². The second kappa shape index (κ2) is 6.57. The first kappa shape index (κ1) is 16.6. The number of rotatable bonds is 5. The van der Waals surface area contributed by atoms with Gasteiger partial charge in [-0.3, -0.25) is 14.9 Å². The monoisotopic (exact) mass is 330 g/mol. The zero-order valence-electron chi connectivity index (χ0n) is 11.9. The Morgan fingerprint density at radius 3 is 2.08 bits per heavy atom. The Bertz CT molecular complexity index is 828. The Morgan fingerprint density at radius 2 is 1.50 bits per heavy atom. The molecule has 0 saturated carbocycles. The van der Waals surface area contributed by atoms with Crippen LogP contribution >= 0.6 is 0 Å². The van der Waals surface area contributed by atoms with Gasteiger partial charge in [0.05, 0.1) is 21.7 Å². The predicted octanol–water partition coefficient (Wildman–Crippen LogP) is 2.24. The number of para-hydroxylation sites is 1. The molecule has 0 unspecified atom stereocenters. The van der Waals surface area contributed by atoms with Gasteiger partial charge in [0.15, 0.2) is 0 Å². The largest absolute Gasteiger partial charge is 0.478 e. The van der Waals surface area contributed by atoms with Crippen LogP contribution in [0.3, 0.4) is 0 Å². The van der Waals surface area contributed by atoms with E-state index in [0.29, 0.717) is 0 Å². The van der Waals surface area contributed by atoms with E-state index in [1.54, 1.807) is 0 Å². The summed E-state index contributed by atoms with van der Waals surface area (Å²) in [6, 6.07) is 8.60. The second-order valence-electron chi connectivity index (χ2n) is 4.57. The summed E-state index contributed by atoms with van der Waals surface area (Å²) in [6.45, 7) is 0. The highest BCUT2D eigenvalue weighted by molar-refractivity contribution is 6.14. The quantitative estimate of drug-likeness (QED) is 0.562. The maximum Gasteiger partial charge on any atom is 0.337 e. The third-order valence-electron chi connectivity index (χ3n) is 3.10. The van der Waals surface area contributed by atoms with Gasteiger partial charge in [0, 0.05) is 6.07 Å². The molecule has 0 fully saturated rings. The summed E-state index contributed by atoms with van der Waals surface area (Å²) in [5.41, 5.74) is -2.25. The number of benzene rings is 2. The number of carbonyl (C=O) groups is 3. The highest BCUT2D eigenvalue weighted by Crippen LogP contribution is 2.25. The van der Waals surface area contributed by atoms with Crippen LogP contribution in [0.25, 0.3) is 0 Å². The number of aromatic carboxylic acids is 2. The molecule has 0 aromatic heterocycles. The molecule has 122 valence electrons. The molecular formula is C15H10N2O7. The lowest BCUT2D eigenvalue weighted by atomic mass is 10.0. The topological polar surface area (TPSA) is 147 Å². The van der Waals surface area contributed by atoms with E-state index in [1.165, 1.54) is 24.3 Å². The van der Waals surface area contributed by atoms with Gasteiger partial charge in [0.2, 0.25) is 0 Å². The molecule has 0 aliphatic rings. The number of carbonyl (C=O) groups excluding carboxylic acids is 1. The van der Waals surface area contributed by atoms with E-state index in [9.17, 15) is 24.5 Å². The van der Waals surface area contributed by atoms with Crippen LogP contribution < -0.4 is 5.32 Å². The number of nitrogens with one attached hydrogen (secondary N) is 1. The molecule has 0 bridgehead atoms. The summed E-state index contributed by atoms with van der Waals surface area (Å²) >= 11 is 0. The zero-order valence-corrected chi connectivity index (χ0v) is 11.9. The van der Waals surface area contributed by atoms with Crippen LogP contribution in [0.5, 0.6) is 0 Å². The molecule has 0 saturated heterocycles. The highest BCUT2D eigenvalue weighted by Gasteiger charge is 2.27. The van der Waals surface area contributed by atoms with E-state index < -0.39 is 39.6 Å². The number of nitro groups is 1. The van der Waals surface area contributed by atoms with Crippen LogP contribution in [0.4, 0.5) is 11.4 Å². The summed E-state index contributed by atoms with van der Waals surface area (Å²) in [6.07, 6.45) is 0. The number of hydrogen-bond donors (Lipinski definition) is 3. The molecule has 3 N–H and O–H groups in total. The molecule has 2 aromatic carbocycles. The van der Waals surface area contributed by atoms with Crippen molar-refractivity contribution in [2.45, 2.75) is 0 Å². The van der Waals surface area contributed by atoms with Gasteiger partial charge in [-0.25, -0.2) is 9.59 Å². The van der Waals surface area contributed by atoms with Gasteiger partial charge in [0.25, 0.3) is 11.6 Å². The van der Waals surface area contributed by atoms with Crippen LogP contribution in [0.1, 0.15) is 31.1 Å². The van der Waals surface area contributed by atoms with Gasteiger partial charge in [0.1, 0.15) is 5.56 Å². The minimum Gasteiger partial charge on any atom is -0.478 e. The van der Waals surface area contributed by atoms with Crippen molar-refractivity contribution in [2.75, 3.05) is 5.32 Å². The molecule has 0 aliphatic carbocycles. The van der Waals surface area contributed by atoms with Crippen LogP contribution in [0.15, 0.2) is 42.5 Å². The molecule has 0 aliphatic heterocycles. The van der Waals surface area contributed by atoms with Crippen molar-refractivity contribution in [1.29, 1.82) is 0 Å². The molecular weight excluding hydrogens is 320 g/mol. The molecule has 24 heavy (non-hydrogen) atoms. The smallest absolute Gasteiger partial charge is 0.337 e. The third-order valence-corrected chi connectivity index (χ3v) is 3.10. The van der Waals surface area contributed by atoms with Crippen LogP contribution in [0.2, 0.25) is 0 Å². The van der Waals surface area contributed by atoms with E-state index in [1.807, 2.05) is 0 Å². The van der Waals surface area contributed by atoms with E-state index in [0.717, 1.165) is 18.2 Å². The van der Waals surface area contributed by atoms with Gasteiger partial charge >= 0.3 is 11.9 Å². The normalized spacial score (nSPS) is 10.0. The van der Waals surface area contributed by atoms with Crippen LogP contribution in [0, 0.1) is 10.1 Å². The fraction of sp³-hybridized carbons (Fsp3) is 0. The Balaban J connectivity index is 2.53. The van der Waals surface area contributed by atoms with E-state index in [-0.39, 0.29) is 11.3 Å². The molecule has 0 atom stereocenters. The lowest BCUT2D eigenvalue weighted by Gasteiger charge is -2.10. The first-order chi connectivity index (χ1) is 11.3. The van der Waals surface area contributed by atoms with E-state index in [2.05, 4.69) is 5.32 Å². The number of carboxylic acid groups (broad SMARTS) is 2. The second-order valence-corrected chi connectivity index (χ2v) is 4.57. The predicted molar refractivity (Wildman–Crippen MR) is 81.4 cm³/mol. The maximum absolute atomic E-state index is 12.4. The van der Waals surface area contributed by atoms with Crippen molar-refractivity contribution in [3.63, 3.8) is 0 Å².